The van der Waals surface area contributed by atoms with Gasteiger partial charge in [0, 0.05) is 23.3 Å². The molecule has 0 bridgehead atoms. The van der Waals surface area contributed by atoms with E-state index in [0.29, 0.717) is 11.5 Å². The van der Waals surface area contributed by atoms with Gasteiger partial charge in [0.05, 0.1) is 11.1 Å². The van der Waals surface area contributed by atoms with Gasteiger partial charge in [-0.1, -0.05) is 60.7 Å². The maximum atomic E-state index is 9.45. The fourth-order valence-electron chi connectivity index (χ4n) is 4.84. The van der Waals surface area contributed by atoms with Gasteiger partial charge in [-0.3, -0.25) is 0 Å². The van der Waals surface area contributed by atoms with Crippen LogP contribution in [0.1, 0.15) is 11.1 Å². The second kappa shape index (κ2) is 10.0. The highest BCUT2D eigenvalue weighted by Gasteiger charge is 2.20. The molecule has 0 radical (unpaired) electrons. The minimum Gasteiger partial charge on any atom is -0.489 e. The molecule has 0 aliphatic carbocycles. The molecule has 0 unspecified atom stereocenters. The van der Waals surface area contributed by atoms with Crippen LogP contribution in [-0.2, 0) is 0 Å². The summed E-state index contributed by atoms with van der Waals surface area (Å²) in [6.07, 6.45) is 0. The Morgan fingerprint density at radius 2 is 0.868 bits per heavy atom. The first-order chi connectivity index (χ1) is 18.8. The van der Waals surface area contributed by atoms with E-state index in [2.05, 4.69) is 36.4 Å². The summed E-state index contributed by atoms with van der Waals surface area (Å²) in [5.41, 5.74) is 2.37. The van der Waals surface area contributed by atoms with Gasteiger partial charge < -0.3 is 18.9 Å². The molecule has 0 saturated heterocycles. The number of fused-ring (bicyclic) bond motifs is 8. The minimum absolute atomic E-state index is 0.221. The molecule has 5 aromatic carbocycles. The smallest absolute Gasteiger partial charge is 0.162 e. The van der Waals surface area contributed by atoms with Crippen molar-refractivity contribution in [2.75, 3.05) is 26.4 Å². The zero-order valence-corrected chi connectivity index (χ0v) is 20.4. The highest BCUT2D eigenvalue weighted by Crippen LogP contribution is 2.45. The maximum absolute atomic E-state index is 9.45. The predicted octanol–water partition coefficient (Wildman–Crippen LogP) is 6.63. The van der Waals surface area contributed by atoms with E-state index in [0.717, 1.165) is 44.2 Å². The van der Waals surface area contributed by atoms with E-state index in [9.17, 15) is 10.5 Å². The van der Waals surface area contributed by atoms with Gasteiger partial charge in [-0.15, -0.1) is 0 Å². The van der Waals surface area contributed by atoms with E-state index < -0.39 is 0 Å². The van der Waals surface area contributed by atoms with E-state index in [4.69, 9.17) is 18.9 Å². The molecule has 1 aliphatic heterocycles. The average molecular weight is 499 g/mol. The second-order valence-electron chi connectivity index (χ2n) is 8.78. The summed E-state index contributed by atoms with van der Waals surface area (Å²) < 4.78 is 24.6. The average Bonchev–Trinajstić information content (AvgIpc) is 2.97. The summed E-state index contributed by atoms with van der Waals surface area (Å²) in [4.78, 5) is 0. The second-order valence-corrected chi connectivity index (χ2v) is 8.78. The first kappa shape index (κ1) is 23.2. The zero-order chi connectivity index (χ0) is 25.9. The Morgan fingerprint density at radius 3 is 1.29 bits per heavy atom. The van der Waals surface area contributed by atoms with Gasteiger partial charge in [-0.25, -0.2) is 0 Å². The van der Waals surface area contributed by atoms with Crippen molar-refractivity contribution in [1.82, 2.24) is 0 Å². The van der Waals surface area contributed by atoms with Crippen LogP contribution >= 0.6 is 0 Å². The lowest BCUT2D eigenvalue weighted by atomic mass is 9.92. The molecule has 1 heterocycles. The molecular weight excluding hydrogens is 476 g/mol. The van der Waals surface area contributed by atoms with Gasteiger partial charge in [0.25, 0.3) is 0 Å². The zero-order valence-electron chi connectivity index (χ0n) is 20.4. The largest absolute Gasteiger partial charge is 0.489 e. The Morgan fingerprint density at radius 1 is 0.474 bits per heavy atom. The van der Waals surface area contributed by atoms with Crippen LogP contribution in [0.3, 0.4) is 0 Å². The number of nitriles is 2. The Kier molecular flexibility index (Phi) is 6.14. The summed E-state index contributed by atoms with van der Waals surface area (Å²) in [5.74, 6) is 2.21. The number of ether oxygens (including phenoxy) is 4. The van der Waals surface area contributed by atoms with Crippen LogP contribution in [0.2, 0.25) is 0 Å². The Hall–Kier alpha value is -5.20. The third-order valence-corrected chi connectivity index (χ3v) is 6.55. The predicted molar refractivity (Wildman–Crippen MR) is 145 cm³/mol. The Labute approximate surface area is 219 Å². The fourth-order valence-corrected chi connectivity index (χ4v) is 4.84. The van der Waals surface area contributed by atoms with E-state index in [1.54, 1.807) is 0 Å². The van der Waals surface area contributed by atoms with Gasteiger partial charge in [-0.05, 0) is 33.7 Å². The summed E-state index contributed by atoms with van der Waals surface area (Å²) in [6, 6.07) is 31.7. The molecule has 0 saturated carbocycles. The molecule has 0 atom stereocenters. The monoisotopic (exact) mass is 498 g/mol. The van der Waals surface area contributed by atoms with E-state index in [-0.39, 0.29) is 37.6 Å². The van der Waals surface area contributed by atoms with Crippen molar-refractivity contribution in [3.05, 3.63) is 96.1 Å². The molecule has 184 valence electrons. The van der Waals surface area contributed by atoms with Gasteiger partial charge in [-0.2, -0.15) is 10.5 Å². The molecule has 0 spiro atoms. The summed E-state index contributed by atoms with van der Waals surface area (Å²) in [7, 11) is 0. The lowest BCUT2D eigenvalue weighted by Crippen LogP contribution is -2.14. The number of nitrogens with zero attached hydrogens (tertiary/aromatic N) is 2. The first-order valence-electron chi connectivity index (χ1n) is 12.3. The molecule has 0 amide bonds. The summed E-state index contributed by atoms with van der Waals surface area (Å²) in [5, 5.41) is 23.2. The van der Waals surface area contributed by atoms with Gasteiger partial charge >= 0.3 is 0 Å². The van der Waals surface area contributed by atoms with Crippen molar-refractivity contribution in [3.63, 3.8) is 0 Å². The summed E-state index contributed by atoms with van der Waals surface area (Å²) >= 11 is 0. The first-order valence-corrected chi connectivity index (χ1v) is 12.3. The molecule has 5 aromatic rings. The third-order valence-electron chi connectivity index (χ3n) is 6.55. The van der Waals surface area contributed by atoms with Crippen molar-refractivity contribution in [2.24, 2.45) is 0 Å². The number of hydrogen-bond acceptors (Lipinski definition) is 6. The molecule has 6 heteroatoms. The highest BCUT2D eigenvalue weighted by molar-refractivity contribution is 6.09. The van der Waals surface area contributed by atoms with Crippen LogP contribution in [-0.4, -0.2) is 26.4 Å². The van der Waals surface area contributed by atoms with Crippen LogP contribution < -0.4 is 18.9 Å². The topological polar surface area (TPSA) is 84.5 Å². The van der Waals surface area contributed by atoms with Gasteiger partial charge in [0.2, 0.25) is 0 Å². The van der Waals surface area contributed by atoms with Crippen LogP contribution in [0.15, 0.2) is 84.9 Å². The van der Waals surface area contributed by atoms with E-state index >= 15 is 0 Å². The van der Waals surface area contributed by atoms with Crippen LogP contribution in [0.25, 0.3) is 32.7 Å². The molecular formula is C32H22N2O4. The number of benzene rings is 5. The van der Waals surface area contributed by atoms with Gasteiger partial charge in [0.1, 0.15) is 50.1 Å². The Bertz CT molecular complexity index is 1630. The quantitative estimate of drug-likeness (QED) is 0.238. The highest BCUT2D eigenvalue weighted by atomic mass is 16.6. The molecule has 1 aliphatic rings. The number of rotatable bonds is 0. The fraction of sp³-hybridized carbons (Fsp3) is 0.125. The normalized spacial score (nSPS) is 13.1. The van der Waals surface area contributed by atoms with Crippen LogP contribution in [0, 0.1) is 22.7 Å². The maximum Gasteiger partial charge on any atom is 0.162 e. The molecule has 6 rings (SSSR count). The van der Waals surface area contributed by atoms with Crippen LogP contribution in [0.5, 0.6) is 23.0 Å². The lowest BCUT2D eigenvalue weighted by molar-refractivity contribution is 0.191. The number of hydrogen-bond donors (Lipinski definition) is 0. The standard InChI is InChI=1S/C32H22N2O4/c33-19-23-17-29-30(18-24(23)20-34)38-16-14-36-28-12-10-22-6-2-4-8-26(22)32(28)31-25-7-3-1-5-21(25)9-11-27(31)35-13-15-37-29/h1-12,17-18H,13-16H2. The van der Waals surface area contributed by atoms with Crippen molar-refractivity contribution in [2.45, 2.75) is 0 Å². The summed E-state index contributed by atoms with van der Waals surface area (Å²) in [6.45, 7) is 0.956. The Balaban J connectivity index is 1.50. The molecule has 0 fully saturated rings. The minimum atomic E-state index is 0.221. The molecule has 0 aromatic heterocycles. The molecule has 38 heavy (non-hydrogen) atoms. The molecule has 6 nitrogen and oxygen atoms in total. The van der Waals surface area contributed by atoms with Crippen molar-refractivity contribution in [1.29, 1.82) is 10.5 Å². The van der Waals surface area contributed by atoms with Crippen molar-refractivity contribution in [3.8, 4) is 46.3 Å². The molecule has 0 N–H and O–H groups in total. The lowest BCUT2D eigenvalue weighted by Gasteiger charge is -2.21. The van der Waals surface area contributed by atoms with E-state index in [1.807, 2.05) is 48.5 Å². The van der Waals surface area contributed by atoms with Gasteiger partial charge in [0.15, 0.2) is 11.5 Å². The van der Waals surface area contributed by atoms with E-state index in [1.165, 1.54) is 12.1 Å². The third kappa shape index (κ3) is 4.19. The van der Waals surface area contributed by atoms with Crippen LogP contribution in [0.4, 0.5) is 0 Å². The SMILES string of the molecule is N#Cc1cc2c(cc1C#N)OCCOc1ccc3ccccc3c1-c1c(ccc3ccccc13)OCCO2. The van der Waals surface area contributed by atoms with Crippen molar-refractivity contribution < 1.29 is 18.9 Å². The van der Waals surface area contributed by atoms with Crippen molar-refractivity contribution >= 4 is 21.5 Å².